The summed E-state index contributed by atoms with van der Waals surface area (Å²) in [5.41, 5.74) is 1.79. The van der Waals surface area contributed by atoms with E-state index in [2.05, 4.69) is 0 Å². The maximum atomic E-state index is 12.0. The van der Waals surface area contributed by atoms with E-state index in [0.717, 1.165) is 11.1 Å². The van der Waals surface area contributed by atoms with Crippen LogP contribution in [0.15, 0.2) is 66.4 Å². The van der Waals surface area contributed by atoms with Gasteiger partial charge >= 0.3 is 5.97 Å². The van der Waals surface area contributed by atoms with E-state index in [1.54, 1.807) is 49.6 Å². The van der Waals surface area contributed by atoms with Crippen LogP contribution in [0.3, 0.4) is 0 Å². The van der Waals surface area contributed by atoms with Crippen molar-refractivity contribution in [2.75, 3.05) is 13.9 Å². The maximum absolute atomic E-state index is 12.0. The van der Waals surface area contributed by atoms with Crippen LogP contribution in [0.4, 0.5) is 0 Å². The van der Waals surface area contributed by atoms with Gasteiger partial charge in [0.15, 0.2) is 12.6 Å². The second-order valence-electron chi connectivity index (χ2n) is 6.23. The molecule has 0 radical (unpaired) electrons. The fourth-order valence-electron chi connectivity index (χ4n) is 2.43. The van der Waals surface area contributed by atoms with Crippen molar-refractivity contribution in [3.63, 3.8) is 0 Å². The van der Waals surface area contributed by atoms with Gasteiger partial charge in [-0.3, -0.25) is 9.59 Å². The van der Waals surface area contributed by atoms with Crippen LogP contribution in [0.2, 0.25) is 0 Å². The van der Waals surface area contributed by atoms with Gasteiger partial charge in [-0.1, -0.05) is 30.3 Å². The fourth-order valence-corrected chi connectivity index (χ4v) is 2.43. The van der Waals surface area contributed by atoms with E-state index in [0.29, 0.717) is 17.9 Å². The first-order chi connectivity index (χ1) is 14.0. The van der Waals surface area contributed by atoms with Crippen molar-refractivity contribution in [2.45, 2.75) is 19.8 Å². The predicted molar refractivity (Wildman–Crippen MR) is 110 cm³/mol. The lowest BCUT2D eigenvalue weighted by molar-refractivity contribution is -0.131. The third-order valence-electron chi connectivity index (χ3n) is 3.82. The van der Waals surface area contributed by atoms with Crippen molar-refractivity contribution in [3.05, 3.63) is 77.6 Å². The molecular formula is C23H24O6. The van der Waals surface area contributed by atoms with Gasteiger partial charge in [0.1, 0.15) is 17.3 Å². The molecule has 0 unspecified atom stereocenters. The molecule has 0 fully saturated rings. The lowest BCUT2D eigenvalue weighted by Crippen LogP contribution is -2.01. The lowest BCUT2D eigenvalue weighted by Gasteiger charge is -2.04. The molecule has 6 nitrogen and oxygen atoms in total. The first-order valence-electron chi connectivity index (χ1n) is 9.07. The third-order valence-corrected chi connectivity index (χ3v) is 3.82. The number of allylic oxidation sites excluding steroid dienone is 2. The molecule has 0 aliphatic heterocycles. The number of esters is 1. The number of aryl methyl sites for hydroxylation is 1. The Bertz CT molecular complexity index is 863. The number of hydrogen-bond acceptors (Lipinski definition) is 6. The Labute approximate surface area is 170 Å². The summed E-state index contributed by atoms with van der Waals surface area (Å²) in [6.07, 6.45) is 5.16. The summed E-state index contributed by atoms with van der Waals surface area (Å²) >= 11 is 0. The molecule has 29 heavy (non-hydrogen) atoms. The summed E-state index contributed by atoms with van der Waals surface area (Å²) in [5.74, 6) is 0.477. The minimum absolute atomic E-state index is 0.111. The van der Waals surface area contributed by atoms with E-state index < -0.39 is 0 Å². The van der Waals surface area contributed by atoms with Crippen molar-refractivity contribution in [2.24, 2.45) is 0 Å². The summed E-state index contributed by atoms with van der Waals surface area (Å²) in [7, 11) is 1.55. The molecule has 6 heteroatoms. The number of rotatable bonds is 10. The third kappa shape index (κ3) is 8.45. The Morgan fingerprint density at radius 1 is 1.00 bits per heavy atom. The summed E-state index contributed by atoms with van der Waals surface area (Å²) < 4.78 is 15.1. The molecule has 2 aromatic carbocycles. The van der Waals surface area contributed by atoms with Crippen molar-refractivity contribution in [1.29, 1.82) is 0 Å². The molecule has 0 saturated heterocycles. The second-order valence-corrected chi connectivity index (χ2v) is 6.23. The molecule has 0 aliphatic carbocycles. The van der Waals surface area contributed by atoms with Gasteiger partial charge in [0.05, 0.1) is 0 Å². The summed E-state index contributed by atoms with van der Waals surface area (Å²) in [5, 5.41) is 9.93. The molecule has 0 heterocycles. The quantitative estimate of drug-likeness (QED) is 0.161. The Hall–Kier alpha value is -3.38. The molecule has 0 aliphatic rings. The van der Waals surface area contributed by atoms with E-state index >= 15 is 0 Å². The molecule has 0 atom stereocenters. The Morgan fingerprint density at radius 2 is 1.66 bits per heavy atom. The van der Waals surface area contributed by atoms with Gasteiger partial charge in [-0.15, -0.1) is 0 Å². The number of methoxy groups -OCH3 is 1. The average molecular weight is 396 g/mol. The molecule has 0 bridgehead atoms. The van der Waals surface area contributed by atoms with Crippen molar-refractivity contribution >= 4 is 17.8 Å². The number of carbonyl (C=O) groups is 2. The van der Waals surface area contributed by atoms with Gasteiger partial charge in [-0.2, -0.15) is 0 Å². The number of ether oxygens (including phenoxy) is 3. The standard InChI is InChI=1S/C23H24O6/c1-17(24)29-23-13-7-19(8-14-23)4-10-21(26)15-20(25)9-3-18-5-11-22(12-6-18)28-16-27-2/h3,5-9,11-15,25H,4,10,16H2,1-2H3. The zero-order valence-corrected chi connectivity index (χ0v) is 16.5. The largest absolute Gasteiger partial charge is 0.508 e. The number of carbonyl (C=O) groups excluding carboxylic acids is 2. The van der Waals surface area contributed by atoms with Crippen molar-refractivity contribution < 1.29 is 28.9 Å². The molecule has 1 N–H and O–H groups in total. The van der Waals surface area contributed by atoms with Crippen LogP contribution in [0.25, 0.3) is 6.08 Å². The molecule has 0 spiro atoms. The average Bonchev–Trinajstić information content (AvgIpc) is 2.70. The zero-order chi connectivity index (χ0) is 21.1. The molecule has 0 aromatic heterocycles. The first kappa shape index (κ1) is 21.9. The number of aliphatic hydroxyl groups is 1. The van der Waals surface area contributed by atoms with E-state index in [-0.39, 0.29) is 30.7 Å². The fraction of sp³-hybridized carbons (Fsp3) is 0.217. The van der Waals surface area contributed by atoms with Crippen LogP contribution >= 0.6 is 0 Å². The van der Waals surface area contributed by atoms with Crippen LogP contribution in [-0.2, 0) is 20.7 Å². The highest BCUT2D eigenvalue weighted by atomic mass is 16.7. The Kier molecular flexibility index (Phi) is 8.66. The van der Waals surface area contributed by atoms with E-state index in [1.165, 1.54) is 19.1 Å². The van der Waals surface area contributed by atoms with Gasteiger partial charge in [-0.25, -0.2) is 0 Å². The predicted octanol–water partition coefficient (Wildman–Crippen LogP) is 4.25. The first-order valence-corrected chi connectivity index (χ1v) is 9.07. The number of hydrogen-bond donors (Lipinski definition) is 1. The minimum atomic E-state index is -0.378. The highest BCUT2D eigenvalue weighted by Crippen LogP contribution is 2.15. The number of aliphatic hydroxyl groups excluding tert-OH is 1. The smallest absolute Gasteiger partial charge is 0.308 e. The van der Waals surface area contributed by atoms with Crippen LogP contribution in [0.5, 0.6) is 11.5 Å². The van der Waals surface area contributed by atoms with Gasteiger partial charge in [-0.05, 0) is 47.9 Å². The molecule has 2 aromatic rings. The van der Waals surface area contributed by atoms with Gasteiger partial charge < -0.3 is 19.3 Å². The maximum Gasteiger partial charge on any atom is 0.308 e. The number of ketones is 1. The highest BCUT2D eigenvalue weighted by Gasteiger charge is 2.03. The number of benzene rings is 2. The molecule has 2 rings (SSSR count). The van der Waals surface area contributed by atoms with Crippen LogP contribution in [0, 0.1) is 0 Å². The van der Waals surface area contributed by atoms with E-state index in [4.69, 9.17) is 14.2 Å². The normalized spacial score (nSPS) is 11.4. The molecule has 0 saturated carbocycles. The van der Waals surface area contributed by atoms with Crippen molar-refractivity contribution in [1.82, 2.24) is 0 Å². The summed E-state index contributed by atoms with van der Waals surface area (Å²) in [6.45, 7) is 1.52. The van der Waals surface area contributed by atoms with Crippen molar-refractivity contribution in [3.8, 4) is 11.5 Å². The Balaban J connectivity index is 1.83. The van der Waals surface area contributed by atoms with Crippen LogP contribution in [-0.4, -0.2) is 30.8 Å². The Morgan fingerprint density at radius 3 is 2.28 bits per heavy atom. The van der Waals surface area contributed by atoms with Gasteiger partial charge in [0, 0.05) is 26.5 Å². The van der Waals surface area contributed by atoms with E-state index in [9.17, 15) is 14.7 Å². The zero-order valence-electron chi connectivity index (χ0n) is 16.5. The monoisotopic (exact) mass is 396 g/mol. The lowest BCUT2D eigenvalue weighted by atomic mass is 10.1. The van der Waals surface area contributed by atoms with Gasteiger partial charge in [0.25, 0.3) is 0 Å². The highest BCUT2D eigenvalue weighted by molar-refractivity contribution is 5.90. The molecule has 152 valence electrons. The van der Waals surface area contributed by atoms with Crippen LogP contribution in [0.1, 0.15) is 24.5 Å². The SMILES string of the molecule is COCOc1ccc(C=CC(O)=CC(=O)CCc2ccc(OC(C)=O)cc2)cc1. The van der Waals surface area contributed by atoms with Gasteiger partial charge in [0.2, 0.25) is 0 Å². The topological polar surface area (TPSA) is 82.1 Å². The second kappa shape index (κ2) is 11.5. The summed E-state index contributed by atoms with van der Waals surface area (Å²) in [6, 6.07) is 14.2. The molecule has 0 amide bonds. The molecular weight excluding hydrogens is 372 g/mol. The van der Waals surface area contributed by atoms with Crippen LogP contribution < -0.4 is 9.47 Å². The minimum Gasteiger partial charge on any atom is -0.508 e. The van der Waals surface area contributed by atoms with E-state index in [1.807, 2.05) is 12.1 Å². The summed E-state index contributed by atoms with van der Waals surface area (Å²) in [4.78, 5) is 22.9.